The van der Waals surface area contributed by atoms with Gasteiger partial charge in [0.05, 0.1) is 34.5 Å². The number of nitrogens with zero attached hydrogens (tertiary/aromatic N) is 6. The molecule has 43 heavy (non-hydrogen) atoms. The molecule has 1 saturated heterocycles. The maximum absolute atomic E-state index is 13.5. The molecule has 3 amide bonds. The second-order valence-electron chi connectivity index (χ2n) is 11.3. The van der Waals surface area contributed by atoms with Gasteiger partial charge in [0.2, 0.25) is 15.9 Å². The first-order valence-corrected chi connectivity index (χ1v) is 15.2. The van der Waals surface area contributed by atoms with E-state index in [0.717, 1.165) is 11.3 Å². The van der Waals surface area contributed by atoms with E-state index < -0.39 is 33.5 Å². The summed E-state index contributed by atoms with van der Waals surface area (Å²) in [7, 11) is -4.03. The number of carbonyl (C=O) groups excluding carboxylic acids is 2. The van der Waals surface area contributed by atoms with E-state index in [1.807, 2.05) is 43.5 Å². The average molecular weight is 603 g/mol. The summed E-state index contributed by atoms with van der Waals surface area (Å²) < 4.78 is 30.1. The summed E-state index contributed by atoms with van der Waals surface area (Å²) in [4.78, 5) is 32.2. The number of piperazine rings is 1. The normalized spacial score (nSPS) is 15.7. The Morgan fingerprint density at radius 2 is 1.77 bits per heavy atom. The molecule has 13 heteroatoms. The maximum atomic E-state index is 13.5. The SMILES string of the molecule is CC(C)(C)NC(=O)N1CCN(S(=O)(=O)c2cccc(C#N)c2)CC1C(=O)NCCc1cncn1Cc1ccc(C#N)cc1. The Bertz CT molecular complexity index is 1660. The van der Waals surface area contributed by atoms with Crippen LogP contribution in [0.15, 0.2) is 66.0 Å². The molecule has 1 unspecified atom stereocenters. The summed E-state index contributed by atoms with van der Waals surface area (Å²) in [5, 5.41) is 24.0. The number of imidazole rings is 1. The molecule has 2 heterocycles. The van der Waals surface area contributed by atoms with Crippen LogP contribution in [0, 0.1) is 22.7 Å². The number of nitriles is 2. The van der Waals surface area contributed by atoms with Gasteiger partial charge in [-0.1, -0.05) is 18.2 Å². The highest BCUT2D eigenvalue weighted by Crippen LogP contribution is 2.22. The molecule has 0 spiro atoms. The van der Waals surface area contributed by atoms with E-state index in [0.29, 0.717) is 18.5 Å². The zero-order chi connectivity index (χ0) is 31.2. The van der Waals surface area contributed by atoms with Crippen molar-refractivity contribution in [3.63, 3.8) is 0 Å². The lowest BCUT2D eigenvalue weighted by Crippen LogP contribution is -2.64. The molecular formula is C30H34N8O4S. The van der Waals surface area contributed by atoms with Crippen LogP contribution in [-0.2, 0) is 27.8 Å². The number of rotatable bonds is 8. The van der Waals surface area contributed by atoms with Gasteiger partial charge in [0.1, 0.15) is 6.04 Å². The van der Waals surface area contributed by atoms with E-state index in [4.69, 9.17) is 5.26 Å². The molecule has 1 atom stereocenters. The number of amides is 3. The second kappa shape index (κ2) is 13.1. The molecule has 0 bridgehead atoms. The Hall–Kier alpha value is -4.72. The fourth-order valence-electron chi connectivity index (χ4n) is 4.72. The van der Waals surface area contributed by atoms with Crippen LogP contribution in [0.4, 0.5) is 4.79 Å². The largest absolute Gasteiger partial charge is 0.354 e. The van der Waals surface area contributed by atoms with Crippen LogP contribution in [0.2, 0.25) is 0 Å². The minimum atomic E-state index is -4.03. The first-order chi connectivity index (χ1) is 20.4. The Morgan fingerprint density at radius 3 is 2.44 bits per heavy atom. The third-order valence-electron chi connectivity index (χ3n) is 6.90. The van der Waals surface area contributed by atoms with Crippen molar-refractivity contribution in [2.24, 2.45) is 0 Å². The highest BCUT2D eigenvalue weighted by molar-refractivity contribution is 7.89. The molecule has 1 aliphatic heterocycles. The number of sulfonamides is 1. The lowest BCUT2D eigenvalue weighted by Gasteiger charge is -2.40. The quantitative estimate of drug-likeness (QED) is 0.399. The van der Waals surface area contributed by atoms with E-state index in [9.17, 15) is 23.3 Å². The molecule has 224 valence electrons. The average Bonchev–Trinajstić information content (AvgIpc) is 3.42. The fourth-order valence-corrected chi connectivity index (χ4v) is 6.21. The van der Waals surface area contributed by atoms with Gasteiger partial charge in [-0.3, -0.25) is 4.79 Å². The van der Waals surface area contributed by atoms with Gasteiger partial charge < -0.3 is 20.1 Å². The monoisotopic (exact) mass is 602 g/mol. The third-order valence-corrected chi connectivity index (χ3v) is 8.77. The van der Waals surface area contributed by atoms with Crippen molar-refractivity contribution in [3.05, 3.63) is 83.4 Å². The molecule has 1 fully saturated rings. The van der Waals surface area contributed by atoms with Crippen molar-refractivity contribution in [2.45, 2.75) is 50.2 Å². The Kier molecular flexibility index (Phi) is 9.49. The summed E-state index contributed by atoms with van der Waals surface area (Å²) in [6.45, 7) is 6.01. The van der Waals surface area contributed by atoms with Crippen molar-refractivity contribution < 1.29 is 18.0 Å². The van der Waals surface area contributed by atoms with Crippen LogP contribution in [-0.4, -0.2) is 76.9 Å². The smallest absolute Gasteiger partial charge is 0.318 e. The Morgan fingerprint density at radius 1 is 1.05 bits per heavy atom. The maximum Gasteiger partial charge on any atom is 0.318 e. The molecule has 2 aromatic carbocycles. The number of hydrogen-bond acceptors (Lipinski definition) is 7. The number of benzene rings is 2. The van der Waals surface area contributed by atoms with Crippen molar-refractivity contribution in [1.29, 1.82) is 10.5 Å². The summed E-state index contributed by atoms with van der Waals surface area (Å²) in [5.74, 6) is -0.479. The molecule has 0 radical (unpaired) electrons. The van der Waals surface area contributed by atoms with Crippen LogP contribution < -0.4 is 10.6 Å². The molecular weight excluding hydrogens is 568 g/mol. The minimum absolute atomic E-state index is 0.00497. The molecule has 0 saturated carbocycles. The summed E-state index contributed by atoms with van der Waals surface area (Å²) in [6, 6.07) is 15.5. The predicted molar refractivity (Wildman–Crippen MR) is 158 cm³/mol. The highest BCUT2D eigenvalue weighted by Gasteiger charge is 2.40. The Balaban J connectivity index is 1.47. The van der Waals surface area contributed by atoms with Crippen molar-refractivity contribution in [3.8, 4) is 12.1 Å². The van der Waals surface area contributed by atoms with Crippen molar-refractivity contribution >= 4 is 22.0 Å². The van der Waals surface area contributed by atoms with Crippen LogP contribution in [0.25, 0.3) is 0 Å². The zero-order valence-corrected chi connectivity index (χ0v) is 25.1. The number of nitrogens with one attached hydrogen (secondary N) is 2. The van der Waals surface area contributed by atoms with E-state index in [1.54, 1.807) is 24.7 Å². The van der Waals surface area contributed by atoms with Gasteiger partial charge in [0, 0.05) is 56.6 Å². The summed E-state index contributed by atoms with van der Waals surface area (Å²) >= 11 is 0. The third kappa shape index (κ3) is 7.77. The van der Waals surface area contributed by atoms with E-state index in [2.05, 4.69) is 21.7 Å². The highest BCUT2D eigenvalue weighted by atomic mass is 32.2. The molecule has 2 N–H and O–H groups in total. The van der Waals surface area contributed by atoms with Gasteiger partial charge in [0.25, 0.3) is 0 Å². The summed E-state index contributed by atoms with van der Waals surface area (Å²) in [5.41, 5.74) is 2.08. The first-order valence-electron chi connectivity index (χ1n) is 13.8. The van der Waals surface area contributed by atoms with Gasteiger partial charge in [0.15, 0.2) is 0 Å². The molecule has 12 nitrogen and oxygen atoms in total. The topological polar surface area (TPSA) is 164 Å². The molecule has 0 aliphatic carbocycles. The lowest BCUT2D eigenvalue weighted by atomic mass is 10.1. The molecule has 3 aromatic rings. The minimum Gasteiger partial charge on any atom is -0.354 e. The van der Waals surface area contributed by atoms with E-state index in [-0.39, 0.29) is 36.6 Å². The van der Waals surface area contributed by atoms with Crippen LogP contribution in [0.5, 0.6) is 0 Å². The number of urea groups is 1. The van der Waals surface area contributed by atoms with Gasteiger partial charge in [-0.2, -0.15) is 14.8 Å². The number of carbonyl (C=O) groups is 2. The van der Waals surface area contributed by atoms with Gasteiger partial charge in [-0.25, -0.2) is 18.2 Å². The Labute approximate surface area is 251 Å². The zero-order valence-electron chi connectivity index (χ0n) is 24.3. The van der Waals surface area contributed by atoms with E-state index >= 15 is 0 Å². The number of hydrogen-bond donors (Lipinski definition) is 2. The van der Waals surface area contributed by atoms with Crippen molar-refractivity contribution in [2.75, 3.05) is 26.2 Å². The van der Waals surface area contributed by atoms with Gasteiger partial charge in [-0.05, 0) is 56.7 Å². The fraction of sp³-hybridized carbons (Fsp3) is 0.367. The standard InChI is InChI=1S/C30H34N8O4S/c1-30(2,3)35-29(40)38-14-13-37(43(41,42)26-6-4-5-24(15-26)17-32)20-27(38)28(39)34-12-11-25-18-33-21-36(25)19-23-9-7-22(16-31)8-10-23/h4-10,15,18,21,27H,11-14,19-20H2,1-3H3,(H,34,39)(H,35,40). The molecule has 1 aromatic heterocycles. The van der Waals surface area contributed by atoms with Gasteiger partial charge in [-0.15, -0.1) is 0 Å². The van der Waals surface area contributed by atoms with Gasteiger partial charge >= 0.3 is 6.03 Å². The van der Waals surface area contributed by atoms with Crippen LogP contribution in [0.1, 0.15) is 43.2 Å². The summed E-state index contributed by atoms with van der Waals surface area (Å²) in [6.07, 6.45) is 3.86. The molecule has 4 rings (SSSR count). The van der Waals surface area contributed by atoms with Crippen molar-refractivity contribution in [1.82, 2.24) is 29.4 Å². The van der Waals surface area contributed by atoms with Crippen LogP contribution in [0.3, 0.4) is 0 Å². The predicted octanol–water partition coefficient (Wildman–Crippen LogP) is 2.22. The van der Waals surface area contributed by atoms with E-state index in [1.165, 1.54) is 33.5 Å². The first kappa shape index (κ1) is 31.2. The molecule has 1 aliphatic rings. The number of aromatic nitrogens is 2. The van der Waals surface area contributed by atoms with Crippen LogP contribution >= 0.6 is 0 Å². The lowest BCUT2D eigenvalue weighted by molar-refractivity contribution is -0.126. The second-order valence-corrected chi connectivity index (χ2v) is 13.2.